The molecule has 2 fully saturated rings. The number of carbonyl (C=O) groups excluding carboxylic acids is 2. The van der Waals surface area contributed by atoms with Gasteiger partial charge in [-0.2, -0.15) is 0 Å². The molecule has 1 heterocycles. The Morgan fingerprint density at radius 3 is 2.03 bits per heavy atom. The number of aryl methyl sites for hydroxylation is 1. The largest absolute Gasteiger partial charge is 0.339 e. The van der Waals surface area contributed by atoms with Crippen molar-refractivity contribution >= 4 is 11.8 Å². The number of benzene rings is 2. The van der Waals surface area contributed by atoms with Crippen LogP contribution in [0.15, 0.2) is 48.5 Å². The molecule has 0 aromatic heterocycles. The van der Waals surface area contributed by atoms with Gasteiger partial charge in [0, 0.05) is 38.2 Å². The lowest BCUT2D eigenvalue weighted by Gasteiger charge is -2.37. The van der Waals surface area contributed by atoms with Gasteiger partial charge in [-0.1, -0.05) is 36.4 Å². The third-order valence-corrected chi connectivity index (χ3v) is 6.03. The Morgan fingerprint density at radius 1 is 0.828 bits per heavy atom. The minimum atomic E-state index is -0.734. The highest BCUT2D eigenvalue weighted by Crippen LogP contribution is 2.50. The lowest BCUT2D eigenvalue weighted by atomic mass is 9.93. The number of hydrogen-bond acceptors (Lipinski definition) is 2. The number of hydrogen-bond donors (Lipinski definition) is 0. The third kappa shape index (κ3) is 3.88. The fourth-order valence-corrected chi connectivity index (χ4v) is 4.14. The lowest BCUT2D eigenvalue weighted by molar-refractivity contribution is -0.141. The molecule has 4 rings (SSSR count). The summed E-state index contributed by atoms with van der Waals surface area (Å²) in [6.07, 6.45) is 1.93. The summed E-state index contributed by atoms with van der Waals surface area (Å²) in [7, 11) is 0. The van der Waals surface area contributed by atoms with Crippen molar-refractivity contribution in [2.24, 2.45) is 0 Å². The predicted molar refractivity (Wildman–Crippen MR) is 105 cm³/mol. The van der Waals surface area contributed by atoms with Gasteiger partial charge in [0.15, 0.2) is 0 Å². The summed E-state index contributed by atoms with van der Waals surface area (Å²) in [5, 5.41) is 0. The molecule has 6 heteroatoms. The molecule has 0 bridgehead atoms. The second-order valence-electron chi connectivity index (χ2n) is 7.83. The maximum Gasteiger partial charge on any atom is 0.233 e. The highest BCUT2D eigenvalue weighted by molar-refractivity contribution is 5.91. The molecule has 4 nitrogen and oxygen atoms in total. The van der Waals surface area contributed by atoms with E-state index in [-0.39, 0.29) is 29.9 Å². The zero-order valence-electron chi connectivity index (χ0n) is 16.2. The quantitative estimate of drug-likeness (QED) is 0.776. The van der Waals surface area contributed by atoms with E-state index < -0.39 is 5.41 Å². The van der Waals surface area contributed by atoms with Crippen molar-refractivity contribution in [3.63, 3.8) is 0 Å². The molecule has 0 N–H and O–H groups in total. The van der Waals surface area contributed by atoms with E-state index in [0.29, 0.717) is 56.6 Å². The van der Waals surface area contributed by atoms with Gasteiger partial charge in [-0.3, -0.25) is 9.59 Å². The van der Waals surface area contributed by atoms with Gasteiger partial charge in [-0.15, -0.1) is 0 Å². The molecule has 1 saturated carbocycles. The van der Waals surface area contributed by atoms with E-state index in [4.69, 9.17) is 0 Å². The molecule has 2 aliphatic rings. The van der Waals surface area contributed by atoms with E-state index >= 15 is 0 Å². The first kappa shape index (κ1) is 19.6. The van der Waals surface area contributed by atoms with E-state index in [0.717, 1.165) is 0 Å². The van der Waals surface area contributed by atoms with Crippen LogP contribution >= 0.6 is 0 Å². The van der Waals surface area contributed by atoms with Gasteiger partial charge < -0.3 is 9.80 Å². The lowest BCUT2D eigenvalue weighted by Crippen LogP contribution is -2.53. The van der Waals surface area contributed by atoms with Crippen LogP contribution in [-0.2, 0) is 21.4 Å². The third-order valence-electron chi connectivity index (χ3n) is 6.03. The second kappa shape index (κ2) is 7.93. The molecule has 0 unspecified atom stereocenters. The van der Waals surface area contributed by atoms with Crippen molar-refractivity contribution in [3.8, 4) is 0 Å². The van der Waals surface area contributed by atoms with Crippen LogP contribution in [0.5, 0.6) is 0 Å². The van der Waals surface area contributed by atoms with Crippen molar-refractivity contribution in [1.29, 1.82) is 0 Å². The van der Waals surface area contributed by atoms with Gasteiger partial charge in [0.25, 0.3) is 0 Å². The summed E-state index contributed by atoms with van der Waals surface area (Å²) in [6, 6.07) is 13.0. The molecule has 2 aromatic rings. The number of amides is 2. The fourth-order valence-electron chi connectivity index (χ4n) is 4.14. The molecule has 0 radical (unpaired) electrons. The van der Waals surface area contributed by atoms with Gasteiger partial charge >= 0.3 is 0 Å². The van der Waals surface area contributed by atoms with Crippen molar-refractivity contribution in [3.05, 3.63) is 71.3 Å². The zero-order chi connectivity index (χ0) is 20.4. The Morgan fingerprint density at radius 2 is 1.41 bits per heavy atom. The van der Waals surface area contributed by atoms with E-state index in [1.807, 2.05) is 0 Å². The highest BCUT2D eigenvalue weighted by Gasteiger charge is 2.54. The van der Waals surface area contributed by atoms with Gasteiger partial charge in [-0.25, -0.2) is 8.78 Å². The molecule has 1 saturated heterocycles. The summed E-state index contributed by atoms with van der Waals surface area (Å²) < 4.78 is 27.9. The van der Waals surface area contributed by atoms with Gasteiger partial charge in [0.2, 0.25) is 11.8 Å². The maximum atomic E-state index is 14.2. The summed E-state index contributed by atoms with van der Waals surface area (Å²) in [5.74, 6) is -0.699. The number of rotatable bonds is 5. The Labute approximate surface area is 169 Å². The minimum absolute atomic E-state index is 0.0319. The summed E-state index contributed by atoms with van der Waals surface area (Å²) >= 11 is 0. The summed E-state index contributed by atoms with van der Waals surface area (Å²) in [5.41, 5.74) is 0.283. The smallest absolute Gasteiger partial charge is 0.233 e. The molecule has 1 aliphatic heterocycles. The first-order valence-corrected chi connectivity index (χ1v) is 10.1. The molecule has 1 aliphatic carbocycles. The topological polar surface area (TPSA) is 40.6 Å². The Bertz CT molecular complexity index is 919. The van der Waals surface area contributed by atoms with Crippen LogP contribution in [0.4, 0.5) is 8.78 Å². The number of carbonyl (C=O) groups is 2. The van der Waals surface area contributed by atoms with Gasteiger partial charge in [-0.05, 0) is 37.0 Å². The van der Waals surface area contributed by atoms with Crippen LogP contribution in [0.1, 0.15) is 30.4 Å². The number of piperazine rings is 1. The van der Waals surface area contributed by atoms with Crippen molar-refractivity contribution < 1.29 is 18.4 Å². The minimum Gasteiger partial charge on any atom is -0.339 e. The number of halogens is 2. The van der Waals surface area contributed by atoms with Crippen LogP contribution in [0, 0.1) is 11.6 Å². The first-order valence-electron chi connectivity index (χ1n) is 10.1. The van der Waals surface area contributed by atoms with Crippen LogP contribution in [-0.4, -0.2) is 47.8 Å². The monoisotopic (exact) mass is 398 g/mol. The molecule has 2 aromatic carbocycles. The fraction of sp³-hybridized carbons (Fsp3) is 0.391. The second-order valence-corrected chi connectivity index (χ2v) is 7.83. The highest BCUT2D eigenvalue weighted by atomic mass is 19.1. The van der Waals surface area contributed by atoms with Crippen molar-refractivity contribution in [2.45, 2.75) is 31.1 Å². The SMILES string of the molecule is O=C(CCc1ccccc1F)N1CCN(C(=O)C2(c3ccccc3F)CC2)CC1. The van der Waals surface area contributed by atoms with Crippen molar-refractivity contribution in [2.75, 3.05) is 26.2 Å². The van der Waals surface area contributed by atoms with Crippen LogP contribution in [0.2, 0.25) is 0 Å². The molecular formula is C23H24F2N2O2. The van der Waals surface area contributed by atoms with Crippen molar-refractivity contribution in [1.82, 2.24) is 9.80 Å². The van der Waals surface area contributed by atoms with Crippen LogP contribution in [0.25, 0.3) is 0 Å². The zero-order valence-corrected chi connectivity index (χ0v) is 16.2. The molecule has 2 amide bonds. The van der Waals surface area contributed by atoms with Gasteiger partial charge in [0.1, 0.15) is 11.6 Å². The predicted octanol–water partition coefficient (Wildman–Crippen LogP) is 3.30. The van der Waals surface area contributed by atoms with Crippen LogP contribution in [0.3, 0.4) is 0 Å². The molecule has 29 heavy (non-hydrogen) atoms. The average molecular weight is 398 g/mol. The standard InChI is InChI=1S/C23H24F2N2O2/c24-19-7-3-1-5-17(19)9-10-21(28)26-13-15-27(16-14-26)22(29)23(11-12-23)18-6-2-4-8-20(18)25/h1-8H,9-16H2. The first-order chi connectivity index (χ1) is 14.0. The summed E-state index contributed by atoms with van der Waals surface area (Å²) in [4.78, 5) is 29.0. The number of nitrogens with zero attached hydrogens (tertiary/aromatic N) is 2. The summed E-state index contributed by atoms with van der Waals surface area (Å²) in [6.45, 7) is 1.80. The molecule has 0 spiro atoms. The molecule has 152 valence electrons. The molecule has 0 atom stereocenters. The molecular weight excluding hydrogens is 374 g/mol. The van der Waals surface area contributed by atoms with Crippen LogP contribution < -0.4 is 0 Å². The Balaban J connectivity index is 1.32. The van der Waals surface area contributed by atoms with E-state index in [1.165, 1.54) is 12.1 Å². The van der Waals surface area contributed by atoms with E-state index in [1.54, 1.807) is 46.2 Å². The Kier molecular flexibility index (Phi) is 5.35. The maximum absolute atomic E-state index is 14.2. The normalized spacial score (nSPS) is 17.9. The van der Waals surface area contributed by atoms with E-state index in [9.17, 15) is 18.4 Å². The van der Waals surface area contributed by atoms with Gasteiger partial charge in [0.05, 0.1) is 5.41 Å². The van der Waals surface area contributed by atoms with E-state index in [2.05, 4.69) is 0 Å². The Hall–Kier alpha value is -2.76. The average Bonchev–Trinajstić information content (AvgIpc) is 3.55.